The lowest BCUT2D eigenvalue weighted by atomic mass is 9.86. The number of amides is 1. The molecule has 1 amide bonds. The van der Waals surface area contributed by atoms with Gasteiger partial charge in [0, 0.05) is 12.6 Å². The van der Waals surface area contributed by atoms with Crippen molar-refractivity contribution in [3.8, 4) is 5.75 Å². The van der Waals surface area contributed by atoms with Crippen molar-refractivity contribution >= 4 is 17.7 Å². The summed E-state index contributed by atoms with van der Waals surface area (Å²) in [4.78, 5) is 12.4. The molecule has 1 N–H and O–H groups in total. The molecule has 0 spiro atoms. The summed E-state index contributed by atoms with van der Waals surface area (Å²) in [6.07, 6.45) is 6.52. The summed E-state index contributed by atoms with van der Waals surface area (Å²) in [5.74, 6) is 2.43. The van der Waals surface area contributed by atoms with Crippen LogP contribution in [-0.4, -0.2) is 32.5 Å². The molecule has 7 heteroatoms. The van der Waals surface area contributed by atoms with Crippen LogP contribution in [0, 0.1) is 5.92 Å². The highest BCUT2D eigenvalue weighted by Gasteiger charge is 2.23. The van der Waals surface area contributed by atoms with Crippen molar-refractivity contribution in [1.82, 2.24) is 20.1 Å². The molecule has 1 fully saturated rings. The predicted octanol–water partition coefficient (Wildman–Crippen LogP) is 3.83. The lowest BCUT2D eigenvalue weighted by Gasteiger charge is -2.29. The fraction of sp³-hybridized carbons (Fsp3) is 0.476. The van der Waals surface area contributed by atoms with Gasteiger partial charge in [0.15, 0.2) is 11.0 Å². The number of nitrogens with one attached hydrogen (secondary N) is 1. The largest absolute Gasteiger partial charge is 0.486 e. The minimum atomic E-state index is 0.0546. The maximum Gasteiger partial charge on any atom is 0.230 e. The van der Waals surface area contributed by atoms with Crippen molar-refractivity contribution in [2.75, 3.05) is 5.75 Å². The highest BCUT2D eigenvalue weighted by molar-refractivity contribution is 7.99. The number of benzene rings is 1. The Balaban J connectivity index is 1.56. The molecular weight excluding hydrogens is 372 g/mol. The number of allylic oxidation sites excluding steroid dienone is 1. The Morgan fingerprint density at radius 2 is 2.11 bits per heavy atom. The molecule has 0 bridgehead atoms. The highest BCUT2D eigenvalue weighted by Crippen LogP contribution is 2.24. The van der Waals surface area contributed by atoms with Gasteiger partial charge in [-0.25, -0.2) is 0 Å². The van der Waals surface area contributed by atoms with Crippen molar-refractivity contribution in [3.63, 3.8) is 0 Å². The number of ether oxygens (including phenoxy) is 1. The second-order valence-electron chi connectivity index (χ2n) is 7.12. The van der Waals surface area contributed by atoms with Crippen LogP contribution in [0.2, 0.25) is 0 Å². The zero-order valence-corrected chi connectivity index (χ0v) is 17.2. The van der Waals surface area contributed by atoms with E-state index >= 15 is 0 Å². The molecule has 1 saturated carbocycles. The summed E-state index contributed by atoms with van der Waals surface area (Å²) in [7, 11) is 0. The third kappa shape index (κ3) is 5.61. The number of aromatic nitrogens is 3. The van der Waals surface area contributed by atoms with Gasteiger partial charge < -0.3 is 10.1 Å². The first-order valence-corrected chi connectivity index (χ1v) is 10.8. The normalized spacial score (nSPS) is 19.2. The fourth-order valence-corrected chi connectivity index (χ4v) is 4.20. The smallest absolute Gasteiger partial charge is 0.230 e. The Morgan fingerprint density at radius 3 is 2.86 bits per heavy atom. The van der Waals surface area contributed by atoms with E-state index in [9.17, 15) is 4.79 Å². The summed E-state index contributed by atoms with van der Waals surface area (Å²) in [5, 5.41) is 12.4. The van der Waals surface area contributed by atoms with Gasteiger partial charge in [0.25, 0.3) is 0 Å². The van der Waals surface area contributed by atoms with E-state index in [-0.39, 0.29) is 5.91 Å². The molecule has 2 aromatic rings. The Hall–Kier alpha value is -2.28. The number of carbonyl (C=O) groups excluding carboxylic acids is 1. The standard InChI is InChI=1S/C21H28N4O2S/c1-3-13-25-19(14-27-17-10-5-4-6-11-17)23-24-21(25)28-15-20(26)22-18-12-8-7-9-16(18)2/h3-6,10-11,16,18H,1,7-9,12-15H2,2H3,(H,22,26)/t16-,18-/m1/s1. The van der Waals surface area contributed by atoms with E-state index in [2.05, 4.69) is 29.0 Å². The SMILES string of the molecule is C=CCn1c(COc2ccccc2)nnc1SCC(=O)N[C@@H]1CCCC[C@H]1C. The van der Waals surface area contributed by atoms with E-state index < -0.39 is 0 Å². The van der Waals surface area contributed by atoms with Gasteiger partial charge in [0.05, 0.1) is 5.75 Å². The molecule has 0 unspecified atom stereocenters. The maximum atomic E-state index is 12.4. The molecule has 150 valence electrons. The minimum Gasteiger partial charge on any atom is -0.486 e. The first-order chi connectivity index (χ1) is 13.7. The van der Waals surface area contributed by atoms with E-state index in [4.69, 9.17) is 4.74 Å². The van der Waals surface area contributed by atoms with Gasteiger partial charge in [-0.05, 0) is 30.9 Å². The van der Waals surface area contributed by atoms with E-state index in [1.165, 1.54) is 31.0 Å². The monoisotopic (exact) mass is 400 g/mol. The third-order valence-electron chi connectivity index (χ3n) is 5.01. The molecule has 28 heavy (non-hydrogen) atoms. The van der Waals surface area contributed by atoms with Gasteiger partial charge in [-0.2, -0.15) is 0 Å². The van der Waals surface area contributed by atoms with Gasteiger partial charge in [-0.3, -0.25) is 9.36 Å². The average Bonchev–Trinajstić information content (AvgIpc) is 3.09. The lowest BCUT2D eigenvalue weighted by Crippen LogP contribution is -2.41. The number of nitrogens with zero attached hydrogens (tertiary/aromatic N) is 3. The predicted molar refractivity (Wildman–Crippen MR) is 111 cm³/mol. The number of carbonyl (C=O) groups is 1. The number of hydrogen-bond acceptors (Lipinski definition) is 5. The van der Waals surface area contributed by atoms with Crippen LogP contribution in [0.5, 0.6) is 5.75 Å². The Bertz CT molecular complexity index is 778. The van der Waals surface area contributed by atoms with Crippen molar-refractivity contribution in [1.29, 1.82) is 0 Å². The van der Waals surface area contributed by atoms with Crippen molar-refractivity contribution in [2.24, 2.45) is 5.92 Å². The molecule has 1 aromatic heterocycles. The van der Waals surface area contributed by atoms with Crippen LogP contribution in [0.25, 0.3) is 0 Å². The van der Waals surface area contributed by atoms with Crippen molar-refractivity contribution in [2.45, 2.75) is 57.0 Å². The van der Waals surface area contributed by atoms with Crippen LogP contribution in [0.4, 0.5) is 0 Å². The molecule has 1 aliphatic carbocycles. The van der Waals surface area contributed by atoms with E-state index in [1.54, 1.807) is 6.08 Å². The molecule has 0 saturated heterocycles. The third-order valence-corrected chi connectivity index (χ3v) is 5.97. The summed E-state index contributed by atoms with van der Waals surface area (Å²) < 4.78 is 7.73. The van der Waals surface area contributed by atoms with Crippen LogP contribution in [-0.2, 0) is 17.9 Å². The second kappa shape index (κ2) is 10.3. The Labute approximate surface area is 170 Å². The summed E-state index contributed by atoms with van der Waals surface area (Å²) in [6, 6.07) is 9.90. The van der Waals surface area contributed by atoms with Gasteiger partial charge in [0.1, 0.15) is 12.4 Å². The lowest BCUT2D eigenvalue weighted by molar-refractivity contribution is -0.119. The zero-order valence-electron chi connectivity index (χ0n) is 16.3. The quantitative estimate of drug-likeness (QED) is 0.512. The van der Waals surface area contributed by atoms with Gasteiger partial charge in [-0.15, -0.1) is 16.8 Å². The van der Waals surface area contributed by atoms with Crippen molar-refractivity contribution in [3.05, 3.63) is 48.8 Å². The number of thioether (sulfide) groups is 1. The summed E-state index contributed by atoms with van der Waals surface area (Å²) in [6.45, 7) is 6.92. The number of rotatable bonds is 9. The van der Waals surface area contributed by atoms with E-state index in [1.807, 2.05) is 34.9 Å². The molecular formula is C21H28N4O2S. The van der Waals surface area contributed by atoms with Gasteiger partial charge in [-0.1, -0.05) is 55.8 Å². The molecule has 2 atom stereocenters. The molecule has 3 rings (SSSR count). The van der Waals surface area contributed by atoms with Crippen LogP contribution >= 0.6 is 11.8 Å². The van der Waals surface area contributed by atoms with E-state index in [0.717, 1.165) is 12.2 Å². The molecule has 1 aliphatic rings. The van der Waals surface area contributed by atoms with Crippen LogP contribution in [0.15, 0.2) is 48.1 Å². The molecule has 1 heterocycles. The van der Waals surface area contributed by atoms with Crippen molar-refractivity contribution < 1.29 is 9.53 Å². The molecule has 0 aliphatic heterocycles. The molecule has 1 aromatic carbocycles. The first kappa shape index (κ1) is 20.5. The maximum absolute atomic E-state index is 12.4. The van der Waals surface area contributed by atoms with Crippen LogP contribution < -0.4 is 10.1 Å². The number of hydrogen-bond donors (Lipinski definition) is 1. The van der Waals surface area contributed by atoms with E-state index in [0.29, 0.717) is 41.8 Å². The van der Waals surface area contributed by atoms with Gasteiger partial charge >= 0.3 is 0 Å². The topological polar surface area (TPSA) is 69.0 Å². The number of para-hydroxylation sites is 1. The van der Waals surface area contributed by atoms with Crippen LogP contribution in [0.1, 0.15) is 38.4 Å². The minimum absolute atomic E-state index is 0.0546. The fourth-order valence-electron chi connectivity index (χ4n) is 3.42. The summed E-state index contributed by atoms with van der Waals surface area (Å²) >= 11 is 1.40. The zero-order chi connectivity index (χ0) is 19.8. The van der Waals surface area contributed by atoms with Gasteiger partial charge in [0.2, 0.25) is 5.91 Å². The summed E-state index contributed by atoms with van der Waals surface area (Å²) in [5.41, 5.74) is 0. The first-order valence-electron chi connectivity index (χ1n) is 9.80. The van der Waals surface area contributed by atoms with Crippen LogP contribution in [0.3, 0.4) is 0 Å². The highest BCUT2D eigenvalue weighted by atomic mass is 32.2. The Morgan fingerprint density at radius 1 is 1.32 bits per heavy atom. The molecule has 0 radical (unpaired) electrons. The second-order valence-corrected chi connectivity index (χ2v) is 8.07. The average molecular weight is 401 g/mol. The Kier molecular flexibility index (Phi) is 7.54. The molecule has 6 nitrogen and oxygen atoms in total.